The number of amidine groups is 2. The number of nitrogens with zero attached hydrogens (tertiary/aromatic N) is 5. The molecular formula is C58H50N6. The van der Waals surface area contributed by atoms with Gasteiger partial charge in [-0.1, -0.05) is 127 Å². The molecule has 3 heterocycles. The summed E-state index contributed by atoms with van der Waals surface area (Å²) in [7, 11) is 0. The standard InChI is InChI=1S/C58H50N6/c1-38(39-17-14-20-42(35-39)62-51-29-8-2-23-45(51)46-24-3-9-30-52(46)62)60-58(41-19-16-22-44(37-41)64-55-33-12-6-27-49(55)50-28-7-13-34-56(50)64)61-57(59)40-18-15-21-43(36-40)63-53-31-10-4-25-47(53)48-26-5-11-32-54(48)63/h2-6,8,10,12-27,29,31,33-38,50,56H,7,9,11,28,30,32H2,1H3,(H2,59,60,61)/t38?,50?,56-/m1/s1. The zero-order valence-electron chi connectivity index (χ0n) is 36.1. The predicted octanol–water partition coefficient (Wildman–Crippen LogP) is 13.4. The van der Waals surface area contributed by atoms with Gasteiger partial charge in [0.25, 0.3) is 0 Å². The van der Waals surface area contributed by atoms with Gasteiger partial charge in [-0.3, -0.25) is 4.99 Å². The second-order valence-electron chi connectivity index (χ2n) is 17.7. The fourth-order valence-corrected chi connectivity index (χ4v) is 11.0. The SMILES string of the molecule is CC(N=C(N=C(N)c1cccc(-n2c3c(c4ccccc42)C=CCC3)c1)c1cccc(N2c3ccccc3C3CCC=C[C@H]32)c1)c1cccc(-n2c3c(c4ccccc42)C=CCC3)c1. The molecule has 2 N–H and O–H groups in total. The van der Waals surface area contributed by atoms with Crippen LogP contribution < -0.4 is 10.6 Å². The highest BCUT2D eigenvalue weighted by molar-refractivity contribution is 6.11. The Bertz CT molecular complexity index is 3300. The largest absolute Gasteiger partial charge is 0.383 e. The first kappa shape index (κ1) is 38.3. The molecule has 0 radical (unpaired) electrons. The summed E-state index contributed by atoms with van der Waals surface area (Å²) in [6, 6.07) is 52.6. The molecule has 4 aliphatic rings. The number of aliphatic imine (C=N–C) groups is 2. The van der Waals surface area contributed by atoms with E-state index in [2.05, 4.69) is 203 Å². The number of anilines is 2. The highest BCUT2D eigenvalue weighted by Gasteiger charge is 2.38. The van der Waals surface area contributed by atoms with Crippen LogP contribution in [0.2, 0.25) is 0 Å². The van der Waals surface area contributed by atoms with Gasteiger partial charge in [-0.2, -0.15) is 0 Å². The van der Waals surface area contributed by atoms with Crippen molar-refractivity contribution < 1.29 is 0 Å². The third-order valence-electron chi connectivity index (χ3n) is 13.9. The zero-order chi connectivity index (χ0) is 42.7. The van der Waals surface area contributed by atoms with Crippen LogP contribution in [0.4, 0.5) is 11.4 Å². The Hall–Kier alpha value is -7.44. The molecule has 0 fully saturated rings. The minimum atomic E-state index is -0.219. The lowest BCUT2D eigenvalue weighted by molar-refractivity contribution is 0.573. The highest BCUT2D eigenvalue weighted by atomic mass is 15.2. The number of rotatable bonds is 7. The molecule has 6 heteroatoms. The van der Waals surface area contributed by atoms with Crippen molar-refractivity contribution in [2.24, 2.45) is 15.7 Å². The lowest BCUT2D eigenvalue weighted by Gasteiger charge is -2.30. The molecule has 1 aliphatic heterocycles. The van der Waals surface area contributed by atoms with Gasteiger partial charge in [0.1, 0.15) is 5.84 Å². The molecule has 0 saturated carbocycles. The van der Waals surface area contributed by atoms with Crippen LogP contribution in [0.25, 0.3) is 45.3 Å². The Kier molecular flexibility index (Phi) is 9.40. The molecule has 312 valence electrons. The first-order valence-electron chi connectivity index (χ1n) is 22.9. The van der Waals surface area contributed by atoms with Gasteiger partial charge in [0.2, 0.25) is 0 Å². The van der Waals surface area contributed by atoms with Gasteiger partial charge >= 0.3 is 0 Å². The van der Waals surface area contributed by atoms with Gasteiger partial charge in [0.15, 0.2) is 5.84 Å². The number of nitrogens with two attached hydrogens (primary N) is 1. The summed E-state index contributed by atoms with van der Waals surface area (Å²) >= 11 is 0. The molecule has 8 aromatic rings. The van der Waals surface area contributed by atoms with Crippen molar-refractivity contribution in [1.82, 2.24) is 9.13 Å². The van der Waals surface area contributed by atoms with E-state index >= 15 is 0 Å². The summed E-state index contributed by atoms with van der Waals surface area (Å²) in [5.41, 5.74) is 23.8. The van der Waals surface area contributed by atoms with E-state index in [-0.39, 0.29) is 12.1 Å². The summed E-state index contributed by atoms with van der Waals surface area (Å²) in [6.07, 6.45) is 20.2. The van der Waals surface area contributed by atoms with Gasteiger partial charge in [-0.15, -0.1) is 0 Å². The fraction of sp³-hybridized carbons (Fsp3) is 0.172. The van der Waals surface area contributed by atoms with Crippen molar-refractivity contribution in [3.05, 3.63) is 215 Å². The Balaban J connectivity index is 0.973. The number of para-hydroxylation sites is 3. The molecule has 3 atom stereocenters. The molecule has 0 amide bonds. The van der Waals surface area contributed by atoms with Gasteiger partial charge in [0, 0.05) is 73.1 Å². The van der Waals surface area contributed by atoms with Crippen LogP contribution in [-0.2, 0) is 12.8 Å². The number of benzene rings is 6. The average Bonchev–Trinajstić information content (AvgIpc) is 4.00. The normalized spacial score (nSPS) is 18.3. The van der Waals surface area contributed by atoms with Crippen LogP contribution >= 0.6 is 0 Å². The van der Waals surface area contributed by atoms with E-state index in [0.717, 1.165) is 72.3 Å². The third-order valence-corrected chi connectivity index (χ3v) is 13.9. The number of hydrogen-bond acceptors (Lipinski definition) is 2. The minimum Gasteiger partial charge on any atom is -0.383 e. The molecule has 12 rings (SSSR count). The molecule has 2 aromatic heterocycles. The smallest absolute Gasteiger partial charge is 0.157 e. The fourth-order valence-electron chi connectivity index (χ4n) is 11.0. The monoisotopic (exact) mass is 830 g/mol. The van der Waals surface area contributed by atoms with Gasteiger partial charge in [-0.05, 0) is 111 Å². The van der Waals surface area contributed by atoms with E-state index in [4.69, 9.17) is 15.7 Å². The summed E-state index contributed by atoms with van der Waals surface area (Å²) < 4.78 is 4.85. The van der Waals surface area contributed by atoms with Crippen LogP contribution in [0.1, 0.15) is 89.3 Å². The van der Waals surface area contributed by atoms with Crippen molar-refractivity contribution in [2.75, 3.05) is 4.90 Å². The molecule has 6 aromatic carbocycles. The van der Waals surface area contributed by atoms with Gasteiger partial charge in [0.05, 0.1) is 23.1 Å². The quantitative estimate of drug-likeness (QED) is 0.0988. The molecular weight excluding hydrogens is 781 g/mol. The molecule has 0 bridgehead atoms. The number of hydrogen-bond donors (Lipinski definition) is 1. The van der Waals surface area contributed by atoms with Crippen LogP contribution in [0, 0.1) is 0 Å². The average molecular weight is 831 g/mol. The van der Waals surface area contributed by atoms with Crippen LogP contribution in [-0.4, -0.2) is 26.8 Å². The molecule has 64 heavy (non-hydrogen) atoms. The molecule has 0 spiro atoms. The van der Waals surface area contributed by atoms with Crippen molar-refractivity contribution in [2.45, 2.75) is 63.5 Å². The maximum Gasteiger partial charge on any atom is 0.157 e. The van der Waals surface area contributed by atoms with Gasteiger partial charge in [-0.25, -0.2) is 4.99 Å². The van der Waals surface area contributed by atoms with Crippen molar-refractivity contribution in [1.29, 1.82) is 0 Å². The van der Waals surface area contributed by atoms with Crippen molar-refractivity contribution in [3.63, 3.8) is 0 Å². The number of aromatic nitrogens is 2. The summed E-state index contributed by atoms with van der Waals surface area (Å²) in [6.45, 7) is 2.17. The van der Waals surface area contributed by atoms with Crippen molar-refractivity contribution in [3.8, 4) is 11.4 Å². The van der Waals surface area contributed by atoms with E-state index in [1.54, 1.807) is 0 Å². The molecule has 6 nitrogen and oxygen atoms in total. The van der Waals surface area contributed by atoms with E-state index < -0.39 is 0 Å². The topological polar surface area (TPSA) is 63.8 Å². The Labute approximate surface area is 374 Å². The summed E-state index contributed by atoms with van der Waals surface area (Å²) in [5, 5.41) is 2.56. The van der Waals surface area contributed by atoms with Gasteiger partial charge < -0.3 is 19.8 Å². The number of fused-ring (bicyclic) bond motifs is 9. The van der Waals surface area contributed by atoms with Crippen LogP contribution in [0.5, 0.6) is 0 Å². The highest BCUT2D eigenvalue weighted by Crippen LogP contribution is 2.49. The molecule has 2 unspecified atom stereocenters. The lowest BCUT2D eigenvalue weighted by Crippen LogP contribution is -2.29. The summed E-state index contributed by atoms with van der Waals surface area (Å²) in [5.74, 6) is 1.50. The molecule has 0 saturated heterocycles. The first-order chi connectivity index (χ1) is 31.6. The van der Waals surface area contributed by atoms with E-state index in [1.807, 2.05) is 0 Å². The number of allylic oxidation sites excluding steroid dienone is 3. The Morgan fingerprint density at radius 3 is 1.95 bits per heavy atom. The Morgan fingerprint density at radius 2 is 1.22 bits per heavy atom. The summed E-state index contributed by atoms with van der Waals surface area (Å²) in [4.78, 5) is 13.3. The maximum absolute atomic E-state index is 7.16. The predicted molar refractivity (Wildman–Crippen MR) is 267 cm³/mol. The van der Waals surface area contributed by atoms with Crippen LogP contribution in [0.15, 0.2) is 180 Å². The zero-order valence-corrected chi connectivity index (χ0v) is 36.1. The van der Waals surface area contributed by atoms with E-state index in [0.29, 0.717) is 17.6 Å². The third kappa shape index (κ3) is 6.39. The molecule has 3 aliphatic carbocycles. The maximum atomic E-state index is 7.16. The van der Waals surface area contributed by atoms with Crippen LogP contribution in [0.3, 0.4) is 0 Å². The van der Waals surface area contributed by atoms with E-state index in [1.165, 1.54) is 55.6 Å². The Morgan fingerprint density at radius 1 is 0.609 bits per heavy atom. The second kappa shape index (κ2) is 15.7. The van der Waals surface area contributed by atoms with E-state index in [9.17, 15) is 0 Å². The van der Waals surface area contributed by atoms with Crippen molar-refractivity contribution >= 4 is 57.0 Å². The first-order valence-corrected chi connectivity index (χ1v) is 22.9. The minimum absolute atomic E-state index is 0.219. The lowest BCUT2D eigenvalue weighted by atomic mass is 9.86. The second-order valence-corrected chi connectivity index (χ2v) is 17.7.